The summed E-state index contributed by atoms with van der Waals surface area (Å²) in [4.78, 5) is 64.2. The van der Waals surface area contributed by atoms with E-state index in [-0.39, 0.29) is 34.1 Å². The highest BCUT2D eigenvalue weighted by atomic mass is 32.2. The molecule has 5 aromatic rings. The van der Waals surface area contributed by atoms with Crippen molar-refractivity contribution in [1.82, 2.24) is 24.5 Å². The van der Waals surface area contributed by atoms with Crippen molar-refractivity contribution in [2.45, 2.75) is 63.1 Å². The van der Waals surface area contributed by atoms with Crippen molar-refractivity contribution in [2.75, 3.05) is 28.5 Å². The van der Waals surface area contributed by atoms with Crippen LogP contribution >= 0.6 is 23.5 Å². The number of ether oxygens (including phenoxy) is 2. The Morgan fingerprint density at radius 3 is 1.91 bits per heavy atom. The second kappa shape index (κ2) is 17.5. The summed E-state index contributed by atoms with van der Waals surface area (Å²) in [6.45, 7) is 10.4. The second-order valence-electron chi connectivity index (χ2n) is 13.2. The summed E-state index contributed by atoms with van der Waals surface area (Å²) in [7, 11) is 0. The Balaban J connectivity index is 0.000000241. The van der Waals surface area contributed by atoms with Crippen molar-refractivity contribution < 1.29 is 32.6 Å². The lowest BCUT2D eigenvalue weighted by atomic mass is 10.2. The zero-order chi connectivity index (χ0) is 39.8. The molecule has 0 spiro atoms. The van der Waals surface area contributed by atoms with Crippen LogP contribution < -0.4 is 21.5 Å². The summed E-state index contributed by atoms with van der Waals surface area (Å²) in [6, 6.07) is 10.8. The largest absolute Gasteiger partial charge is 0.444 e. The van der Waals surface area contributed by atoms with Gasteiger partial charge in [0.15, 0.2) is 22.2 Å². The highest BCUT2D eigenvalue weighted by Gasteiger charge is 2.19. The number of carbonyl (C=O) groups excluding carboxylic acids is 3. The first kappa shape index (κ1) is 41.1. The molecule has 0 atom stereocenters. The SMILES string of the molecule is CSc1ncc(C=O)c(Nc2cc(NC(=O)OC(C)(C)C)ccc2F)n1.CSc1ncc2ccc(=O)n(-c3cc(NC(=O)OC(C)(C)C)ccc3F)c2n1. The molecule has 0 unspecified atom stereocenters. The third-order valence-electron chi connectivity index (χ3n) is 6.60. The number of anilines is 4. The van der Waals surface area contributed by atoms with Crippen molar-refractivity contribution in [2.24, 2.45) is 0 Å². The summed E-state index contributed by atoms with van der Waals surface area (Å²) >= 11 is 2.60. The Bertz CT molecular complexity index is 2240. The second-order valence-corrected chi connectivity index (χ2v) is 14.7. The maximum Gasteiger partial charge on any atom is 0.412 e. The van der Waals surface area contributed by atoms with E-state index in [2.05, 4.69) is 35.9 Å². The van der Waals surface area contributed by atoms with E-state index in [0.717, 1.165) is 4.57 Å². The van der Waals surface area contributed by atoms with Gasteiger partial charge >= 0.3 is 12.2 Å². The van der Waals surface area contributed by atoms with Crippen LogP contribution in [0.3, 0.4) is 0 Å². The topological polar surface area (TPSA) is 179 Å². The number of amides is 2. The van der Waals surface area contributed by atoms with Crippen molar-refractivity contribution in [3.05, 3.63) is 88.5 Å². The van der Waals surface area contributed by atoms with Crippen LogP contribution in [0.4, 0.5) is 41.2 Å². The molecule has 0 fully saturated rings. The van der Waals surface area contributed by atoms with Gasteiger partial charge in [0.05, 0.1) is 16.9 Å². The fraction of sp³-hybridized carbons (Fsp3) is 0.278. The molecule has 5 rings (SSSR count). The molecule has 3 heterocycles. The molecule has 3 aromatic heterocycles. The molecule has 3 N–H and O–H groups in total. The molecule has 0 aliphatic rings. The van der Waals surface area contributed by atoms with Gasteiger partial charge in [-0.2, -0.15) is 0 Å². The number of pyridine rings is 1. The number of aldehydes is 1. The molecule has 284 valence electrons. The van der Waals surface area contributed by atoms with Crippen LogP contribution in [0.1, 0.15) is 51.9 Å². The van der Waals surface area contributed by atoms with E-state index in [1.807, 2.05) is 0 Å². The Morgan fingerprint density at radius 1 is 0.778 bits per heavy atom. The molecule has 0 aliphatic carbocycles. The van der Waals surface area contributed by atoms with Crippen molar-refractivity contribution in [3.8, 4) is 5.69 Å². The molecule has 18 heteroatoms. The van der Waals surface area contributed by atoms with Crippen LogP contribution in [0.25, 0.3) is 16.7 Å². The van der Waals surface area contributed by atoms with Gasteiger partial charge in [-0.05, 0) is 96.5 Å². The average molecular weight is 781 g/mol. The smallest absolute Gasteiger partial charge is 0.412 e. The molecule has 2 aromatic carbocycles. The number of thioether (sulfide) groups is 2. The summed E-state index contributed by atoms with van der Waals surface area (Å²) < 4.78 is 40.3. The molecule has 0 saturated carbocycles. The lowest BCUT2D eigenvalue weighted by Gasteiger charge is -2.20. The van der Waals surface area contributed by atoms with E-state index >= 15 is 0 Å². The minimum Gasteiger partial charge on any atom is -0.444 e. The van der Waals surface area contributed by atoms with E-state index in [0.29, 0.717) is 27.7 Å². The first-order valence-corrected chi connectivity index (χ1v) is 18.5. The van der Waals surface area contributed by atoms with Gasteiger partial charge in [0.25, 0.3) is 5.56 Å². The number of fused-ring (bicyclic) bond motifs is 1. The summed E-state index contributed by atoms with van der Waals surface area (Å²) in [5.74, 6) is -1.03. The van der Waals surface area contributed by atoms with Gasteiger partial charge in [-0.1, -0.05) is 23.5 Å². The molecule has 0 radical (unpaired) electrons. The molecular weight excluding hydrogens is 743 g/mol. The predicted octanol–water partition coefficient (Wildman–Crippen LogP) is 8.23. The van der Waals surface area contributed by atoms with Crippen LogP contribution in [-0.4, -0.2) is 66.7 Å². The van der Waals surface area contributed by atoms with E-state index in [1.54, 1.807) is 66.3 Å². The van der Waals surface area contributed by atoms with Gasteiger partial charge in [0.1, 0.15) is 28.7 Å². The lowest BCUT2D eigenvalue weighted by Crippen LogP contribution is -2.27. The molecule has 0 bridgehead atoms. The Kier molecular flexibility index (Phi) is 13.3. The van der Waals surface area contributed by atoms with Crippen LogP contribution in [-0.2, 0) is 9.47 Å². The summed E-state index contributed by atoms with van der Waals surface area (Å²) in [5, 5.41) is 9.31. The Labute approximate surface area is 317 Å². The number of halogens is 2. The number of aromatic nitrogens is 5. The maximum absolute atomic E-state index is 14.6. The highest BCUT2D eigenvalue weighted by molar-refractivity contribution is 7.98. The van der Waals surface area contributed by atoms with Crippen LogP contribution in [0.15, 0.2) is 76.0 Å². The molecule has 54 heavy (non-hydrogen) atoms. The van der Waals surface area contributed by atoms with Crippen molar-refractivity contribution >= 4 is 75.9 Å². The third kappa shape index (κ3) is 11.4. The highest BCUT2D eigenvalue weighted by Crippen LogP contribution is 2.26. The van der Waals surface area contributed by atoms with Gasteiger partial charge in [-0.15, -0.1) is 0 Å². The Morgan fingerprint density at radius 2 is 1.33 bits per heavy atom. The molecule has 0 saturated heterocycles. The van der Waals surface area contributed by atoms with Gasteiger partial charge in [0, 0.05) is 35.2 Å². The van der Waals surface area contributed by atoms with Gasteiger partial charge < -0.3 is 14.8 Å². The number of rotatable bonds is 8. The zero-order valence-electron chi connectivity index (χ0n) is 30.6. The number of benzene rings is 2. The first-order chi connectivity index (χ1) is 25.4. The number of hydrogen-bond donors (Lipinski definition) is 3. The first-order valence-electron chi connectivity index (χ1n) is 16.0. The number of hydrogen-bond acceptors (Lipinski definition) is 13. The monoisotopic (exact) mass is 780 g/mol. The third-order valence-corrected chi connectivity index (χ3v) is 7.72. The minimum absolute atomic E-state index is 0.0325. The molecular formula is C36H38F2N8O6S2. The van der Waals surface area contributed by atoms with E-state index < -0.39 is 40.6 Å². The van der Waals surface area contributed by atoms with E-state index in [9.17, 15) is 28.0 Å². The van der Waals surface area contributed by atoms with Crippen molar-refractivity contribution in [3.63, 3.8) is 0 Å². The zero-order valence-corrected chi connectivity index (χ0v) is 32.2. The van der Waals surface area contributed by atoms with E-state index in [4.69, 9.17) is 9.47 Å². The molecule has 14 nitrogen and oxygen atoms in total. The van der Waals surface area contributed by atoms with E-state index in [1.165, 1.54) is 72.2 Å². The minimum atomic E-state index is -0.678. The molecule has 0 aliphatic heterocycles. The van der Waals surface area contributed by atoms with Crippen molar-refractivity contribution in [1.29, 1.82) is 0 Å². The quantitative estimate of drug-likeness (QED) is 0.0780. The standard InChI is InChI=1S/C19H19FN4O3S.C17H19FN4O3S/c1-19(2,3)27-18(26)22-12-6-7-13(20)14(9-12)24-15(25)8-5-11-10-21-17(28-4)23-16(11)24;1-17(2,3)25-16(24)20-11-5-6-12(18)13(7-11)21-14-10(9-23)8-19-15(22-14)26-4/h5-10H,1-4H3,(H,22,26);5-9H,1-4H3,(H,20,24)(H,19,21,22). The number of nitrogens with zero attached hydrogens (tertiary/aromatic N) is 5. The van der Waals surface area contributed by atoms with Gasteiger partial charge in [0.2, 0.25) is 0 Å². The van der Waals surface area contributed by atoms with Crippen LogP contribution in [0, 0.1) is 11.6 Å². The summed E-state index contributed by atoms with van der Waals surface area (Å²) in [6.07, 6.45) is 5.76. The summed E-state index contributed by atoms with van der Waals surface area (Å²) in [5.41, 5.74) is -0.686. The lowest BCUT2D eigenvalue weighted by molar-refractivity contribution is 0.0624. The number of nitrogens with one attached hydrogen (secondary N) is 3. The number of carbonyl (C=O) groups is 3. The fourth-order valence-electron chi connectivity index (χ4n) is 4.43. The fourth-order valence-corrected chi connectivity index (χ4v) is 5.10. The van der Waals surface area contributed by atoms with Gasteiger partial charge in [-0.3, -0.25) is 24.8 Å². The van der Waals surface area contributed by atoms with Gasteiger partial charge in [-0.25, -0.2) is 38.3 Å². The normalized spacial score (nSPS) is 11.2. The Hall–Kier alpha value is -5.62. The average Bonchev–Trinajstić information content (AvgIpc) is 3.09. The predicted molar refractivity (Wildman–Crippen MR) is 205 cm³/mol. The molecule has 2 amide bonds. The maximum atomic E-state index is 14.6. The van der Waals surface area contributed by atoms with Crippen LogP contribution in [0.2, 0.25) is 0 Å². The van der Waals surface area contributed by atoms with Crippen LogP contribution in [0.5, 0.6) is 0 Å².